The minimum Gasteiger partial charge on any atom is -0.467 e. The molecule has 1 amide bonds. The van der Waals surface area contributed by atoms with E-state index in [2.05, 4.69) is 5.32 Å². The third kappa shape index (κ3) is 4.31. The van der Waals surface area contributed by atoms with Crippen LogP contribution >= 0.6 is 11.6 Å². The number of rotatable bonds is 5. The van der Waals surface area contributed by atoms with Gasteiger partial charge in [0.2, 0.25) is 5.91 Å². The van der Waals surface area contributed by atoms with Crippen LogP contribution in [0.5, 0.6) is 0 Å². The van der Waals surface area contributed by atoms with Gasteiger partial charge in [0.15, 0.2) is 6.04 Å². The Morgan fingerprint density at radius 1 is 1.04 bits per heavy atom. The summed E-state index contributed by atoms with van der Waals surface area (Å²) in [7, 11) is 1.27. The molecular weight excluding hydrogens is 316 g/mol. The molecule has 6 heteroatoms. The fourth-order valence-electron chi connectivity index (χ4n) is 2.10. The summed E-state index contributed by atoms with van der Waals surface area (Å²) in [6.07, 6.45) is 0. The Morgan fingerprint density at radius 3 is 2.22 bits per heavy atom. The minimum absolute atomic E-state index is 0.480. The first-order valence-corrected chi connectivity index (χ1v) is 7.35. The van der Waals surface area contributed by atoms with Crippen molar-refractivity contribution >= 4 is 23.5 Å². The van der Waals surface area contributed by atoms with Crippen molar-refractivity contribution in [2.45, 2.75) is 12.1 Å². The molecule has 2 unspecified atom stereocenters. The van der Waals surface area contributed by atoms with Crippen LogP contribution < -0.4 is 11.1 Å². The summed E-state index contributed by atoms with van der Waals surface area (Å²) in [5.74, 6) is -1.04. The lowest BCUT2D eigenvalue weighted by atomic mass is 10.0. The van der Waals surface area contributed by atoms with E-state index in [4.69, 9.17) is 22.1 Å². The maximum atomic E-state index is 12.4. The lowest BCUT2D eigenvalue weighted by Crippen LogP contribution is -2.40. The highest BCUT2D eigenvalue weighted by Crippen LogP contribution is 2.18. The number of methoxy groups -OCH3 is 1. The summed E-state index contributed by atoms with van der Waals surface area (Å²) in [6, 6.07) is 13.6. The number of ether oxygens (including phenoxy) is 1. The number of nitrogens with one attached hydrogen (secondary N) is 1. The molecule has 0 spiro atoms. The van der Waals surface area contributed by atoms with Crippen molar-refractivity contribution in [2.24, 2.45) is 5.73 Å². The fourth-order valence-corrected chi connectivity index (χ4v) is 2.22. The van der Waals surface area contributed by atoms with Gasteiger partial charge in [0.25, 0.3) is 0 Å². The Kier molecular flexibility index (Phi) is 5.73. The molecule has 0 heterocycles. The molecule has 2 aromatic rings. The predicted octanol–water partition coefficient (Wildman–Crippen LogP) is 2.37. The van der Waals surface area contributed by atoms with Gasteiger partial charge < -0.3 is 15.8 Å². The Morgan fingerprint density at radius 2 is 1.65 bits per heavy atom. The van der Waals surface area contributed by atoms with Gasteiger partial charge in [-0.05, 0) is 23.3 Å². The van der Waals surface area contributed by atoms with Crippen LogP contribution in [0.2, 0.25) is 5.02 Å². The highest BCUT2D eigenvalue weighted by Gasteiger charge is 2.26. The number of halogens is 1. The SMILES string of the molecule is COC(=O)C(NC(=O)C(N)c1ccc(Cl)cc1)c1ccccc1. The predicted molar refractivity (Wildman–Crippen MR) is 87.7 cm³/mol. The highest BCUT2D eigenvalue weighted by atomic mass is 35.5. The average molecular weight is 333 g/mol. The zero-order valence-corrected chi connectivity index (χ0v) is 13.3. The molecule has 5 nitrogen and oxygen atoms in total. The molecule has 2 aromatic carbocycles. The van der Waals surface area contributed by atoms with Crippen LogP contribution in [-0.2, 0) is 14.3 Å². The van der Waals surface area contributed by atoms with Crippen molar-refractivity contribution in [3.63, 3.8) is 0 Å². The zero-order valence-electron chi connectivity index (χ0n) is 12.5. The van der Waals surface area contributed by atoms with Crippen LogP contribution in [-0.4, -0.2) is 19.0 Å². The van der Waals surface area contributed by atoms with Gasteiger partial charge in [-0.2, -0.15) is 0 Å². The second-order valence-electron chi connectivity index (χ2n) is 4.90. The van der Waals surface area contributed by atoms with Gasteiger partial charge in [-0.3, -0.25) is 4.79 Å². The molecule has 120 valence electrons. The summed E-state index contributed by atoms with van der Waals surface area (Å²) in [4.78, 5) is 24.3. The first-order chi connectivity index (χ1) is 11.0. The molecule has 0 fully saturated rings. The Hall–Kier alpha value is -2.37. The molecule has 0 aliphatic rings. The molecule has 0 saturated heterocycles. The number of hydrogen-bond acceptors (Lipinski definition) is 4. The second kappa shape index (κ2) is 7.76. The van der Waals surface area contributed by atoms with Crippen molar-refractivity contribution in [1.82, 2.24) is 5.32 Å². The van der Waals surface area contributed by atoms with Gasteiger partial charge in [0.05, 0.1) is 7.11 Å². The number of esters is 1. The minimum atomic E-state index is -0.914. The monoisotopic (exact) mass is 332 g/mol. The van der Waals surface area contributed by atoms with Crippen LogP contribution in [0.15, 0.2) is 54.6 Å². The van der Waals surface area contributed by atoms with Crippen molar-refractivity contribution < 1.29 is 14.3 Å². The van der Waals surface area contributed by atoms with Crippen LogP contribution in [0.4, 0.5) is 0 Å². The normalized spacial score (nSPS) is 13.0. The first kappa shape index (κ1) is 17.0. The Labute approximate surface area is 139 Å². The summed E-state index contributed by atoms with van der Waals surface area (Å²) in [5, 5.41) is 3.18. The number of carbonyl (C=O) groups excluding carboxylic acids is 2. The average Bonchev–Trinajstić information content (AvgIpc) is 2.59. The molecule has 3 N–H and O–H groups in total. The van der Waals surface area contributed by atoms with E-state index in [1.165, 1.54) is 7.11 Å². The summed E-state index contributed by atoms with van der Waals surface area (Å²) in [6.45, 7) is 0. The van der Waals surface area contributed by atoms with Crippen molar-refractivity contribution in [3.8, 4) is 0 Å². The summed E-state index contributed by atoms with van der Waals surface area (Å²) >= 11 is 5.82. The van der Waals surface area contributed by atoms with E-state index >= 15 is 0 Å². The van der Waals surface area contributed by atoms with Crippen molar-refractivity contribution in [3.05, 3.63) is 70.7 Å². The van der Waals surface area contributed by atoms with Gasteiger partial charge >= 0.3 is 5.97 Å². The smallest absolute Gasteiger partial charge is 0.333 e. The molecule has 0 aliphatic heterocycles. The molecule has 0 bridgehead atoms. The standard InChI is InChI=1S/C17H17ClN2O3/c1-23-17(22)15(12-5-3-2-4-6-12)20-16(21)14(19)11-7-9-13(18)10-8-11/h2-10,14-15H,19H2,1H3,(H,20,21). The third-order valence-corrected chi connectivity index (χ3v) is 3.62. The Bertz CT molecular complexity index is 674. The zero-order chi connectivity index (χ0) is 16.8. The van der Waals surface area contributed by atoms with E-state index in [0.29, 0.717) is 16.1 Å². The molecule has 0 radical (unpaired) electrons. The second-order valence-corrected chi connectivity index (χ2v) is 5.34. The molecule has 0 saturated carbocycles. The number of hydrogen-bond donors (Lipinski definition) is 2. The maximum Gasteiger partial charge on any atom is 0.333 e. The van der Waals surface area contributed by atoms with Gasteiger partial charge in [-0.15, -0.1) is 0 Å². The topological polar surface area (TPSA) is 81.4 Å². The quantitative estimate of drug-likeness (QED) is 0.824. The Balaban J connectivity index is 2.17. The van der Waals surface area contributed by atoms with Crippen LogP contribution in [0.3, 0.4) is 0 Å². The number of carbonyl (C=O) groups is 2. The van der Waals surface area contributed by atoms with E-state index in [-0.39, 0.29) is 0 Å². The van der Waals surface area contributed by atoms with E-state index in [1.807, 2.05) is 6.07 Å². The van der Waals surface area contributed by atoms with Gasteiger partial charge in [0.1, 0.15) is 6.04 Å². The molecule has 23 heavy (non-hydrogen) atoms. The highest BCUT2D eigenvalue weighted by molar-refractivity contribution is 6.30. The maximum absolute atomic E-state index is 12.4. The van der Waals surface area contributed by atoms with Crippen LogP contribution in [0.1, 0.15) is 23.2 Å². The van der Waals surface area contributed by atoms with Gasteiger partial charge in [0, 0.05) is 5.02 Å². The fraction of sp³-hybridized carbons (Fsp3) is 0.176. The van der Waals surface area contributed by atoms with E-state index in [9.17, 15) is 9.59 Å². The van der Waals surface area contributed by atoms with Gasteiger partial charge in [-0.1, -0.05) is 54.1 Å². The number of nitrogens with two attached hydrogens (primary N) is 1. The third-order valence-electron chi connectivity index (χ3n) is 3.37. The summed E-state index contributed by atoms with van der Waals surface area (Å²) in [5.41, 5.74) is 7.17. The lowest BCUT2D eigenvalue weighted by Gasteiger charge is -2.19. The van der Waals surface area contributed by atoms with E-state index < -0.39 is 24.0 Å². The number of benzene rings is 2. The van der Waals surface area contributed by atoms with Crippen LogP contribution in [0.25, 0.3) is 0 Å². The van der Waals surface area contributed by atoms with Crippen LogP contribution in [0, 0.1) is 0 Å². The summed E-state index contributed by atoms with van der Waals surface area (Å²) < 4.78 is 4.76. The lowest BCUT2D eigenvalue weighted by molar-refractivity contribution is -0.145. The van der Waals surface area contributed by atoms with Crippen molar-refractivity contribution in [1.29, 1.82) is 0 Å². The van der Waals surface area contributed by atoms with E-state index in [1.54, 1.807) is 48.5 Å². The first-order valence-electron chi connectivity index (χ1n) is 6.97. The molecule has 0 aromatic heterocycles. The molecule has 0 aliphatic carbocycles. The number of amides is 1. The molecular formula is C17H17ClN2O3. The van der Waals surface area contributed by atoms with E-state index in [0.717, 1.165) is 0 Å². The van der Waals surface area contributed by atoms with Crippen molar-refractivity contribution in [2.75, 3.05) is 7.11 Å². The molecule has 2 rings (SSSR count). The largest absolute Gasteiger partial charge is 0.467 e. The molecule has 2 atom stereocenters. The van der Waals surface area contributed by atoms with Gasteiger partial charge in [-0.25, -0.2) is 4.79 Å².